The zero-order chi connectivity index (χ0) is 13.3. The molecule has 1 saturated carbocycles. The third-order valence-electron chi connectivity index (χ3n) is 4.87. The van der Waals surface area contributed by atoms with E-state index in [-0.39, 0.29) is 11.7 Å². The molecule has 1 N–H and O–H groups in total. The van der Waals surface area contributed by atoms with Crippen LogP contribution in [0.1, 0.15) is 48.9 Å². The lowest BCUT2D eigenvalue weighted by Gasteiger charge is -2.39. The highest BCUT2D eigenvalue weighted by atomic mass is 16.3. The van der Waals surface area contributed by atoms with Crippen molar-refractivity contribution in [2.75, 3.05) is 13.1 Å². The Labute approximate surface area is 114 Å². The minimum atomic E-state index is 0.0590. The molecule has 1 aliphatic carbocycles. The lowest BCUT2D eigenvalue weighted by atomic mass is 9.77. The van der Waals surface area contributed by atoms with Gasteiger partial charge in [-0.25, -0.2) is 0 Å². The molecule has 1 heterocycles. The van der Waals surface area contributed by atoms with Gasteiger partial charge in [-0.1, -0.05) is 18.9 Å². The van der Waals surface area contributed by atoms with Gasteiger partial charge in [-0.15, -0.1) is 0 Å². The number of phenolic OH excluding ortho intramolecular Hbond substituents is 1. The number of carbonyl (C=O) groups is 1. The van der Waals surface area contributed by atoms with E-state index < -0.39 is 0 Å². The zero-order valence-corrected chi connectivity index (χ0v) is 11.3. The second-order valence-electron chi connectivity index (χ2n) is 6.05. The molecule has 102 valence electrons. The fraction of sp³-hybridized carbons (Fsp3) is 0.562. The summed E-state index contributed by atoms with van der Waals surface area (Å²) in [5.41, 5.74) is 1.14. The molecule has 0 atom stereocenters. The number of benzene rings is 1. The Hall–Kier alpha value is -1.51. The van der Waals surface area contributed by atoms with E-state index in [1.54, 1.807) is 24.3 Å². The maximum absolute atomic E-state index is 12.4. The molecule has 1 spiro atoms. The molecule has 3 nitrogen and oxygen atoms in total. The normalized spacial score (nSPS) is 21.8. The zero-order valence-electron chi connectivity index (χ0n) is 11.3. The predicted molar refractivity (Wildman–Crippen MR) is 74.1 cm³/mol. The molecule has 3 rings (SSSR count). The number of amides is 1. The fourth-order valence-corrected chi connectivity index (χ4v) is 3.63. The maximum Gasteiger partial charge on any atom is 0.253 e. The molecule has 0 radical (unpaired) electrons. The molecule has 0 unspecified atom stereocenters. The largest absolute Gasteiger partial charge is 0.508 e. The monoisotopic (exact) mass is 259 g/mol. The predicted octanol–water partition coefficient (Wildman–Crippen LogP) is 3.19. The molecule has 19 heavy (non-hydrogen) atoms. The molecule has 1 saturated heterocycles. The van der Waals surface area contributed by atoms with Crippen LogP contribution >= 0.6 is 0 Å². The summed E-state index contributed by atoms with van der Waals surface area (Å²) in [6.07, 6.45) is 7.72. The van der Waals surface area contributed by atoms with Crippen LogP contribution in [0.25, 0.3) is 0 Å². The van der Waals surface area contributed by atoms with E-state index in [0.717, 1.165) is 25.9 Å². The van der Waals surface area contributed by atoms with Crippen LogP contribution in [0.2, 0.25) is 0 Å². The Morgan fingerprint density at radius 2 is 1.79 bits per heavy atom. The van der Waals surface area contributed by atoms with E-state index in [2.05, 4.69) is 0 Å². The van der Waals surface area contributed by atoms with Gasteiger partial charge < -0.3 is 10.0 Å². The first-order chi connectivity index (χ1) is 9.19. The van der Waals surface area contributed by atoms with Crippen LogP contribution in [0.5, 0.6) is 5.75 Å². The smallest absolute Gasteiger partial charge is 0.253 e. The summed E-state index contributed by atoms with van der Waals surface area (Å²) >= 11 is 0. The van der Waals surface area contributed by atoms with Crippen LogP contribution in [0.15, 0.2) is 24.3 Å². The topological polar surface area (TPSA) is 40.5 Å². The highest BCUT2D eigenvalue weighted by Gasteiger charge is 2.38. The van der Waals surface area contributed by atoms with Crippen molar-refractivity contribution in [1.82, 2.24) is 4.90 Å². The van der Waals surface area contributed by atoms with Crippen LogP contribution in [0.3, 0.4) is 0 Å². The van der Waals surface area contributed by atoms with Gasteiger partial charge in [-0.3, -0.25) is 4.79 Å². The van der Waals surface area contributed by atoms with Crippen molar-refractivity contribution in [3.05, 3.63) is 29.8 Å². The van der Waals surface area contributed by atoms with Crippen LogP contribution in [0, 0.1) is 5.41 Å². The second-order valence-corrected chi connectivity index (χ2v) is 6.05. The van der Waals surface area contributed by atoms with E-state index in [4.69, 9.17) is 0 Å². The lowest BCUT2D eigenvalue weighted by molar-refractivity contribution is 0.0587. The summed E-state index contributed by atoms with van der Waals surface area (Å²) in [6.45, 7) is 1.74. The molecule has 1 aromatic rings. The van der Waals surface area contributed by atoms with Crippen molar-refractivity contribution in [3.8, 4) is 5.75 Å². The fourth-order valence-electron chi connectivity index (χ4n) is 3.63. The standard InChI is InChI=1S/C16H21NO2/c18-14-5-3-4-13(12-14)15(19)17-10-8-16(9-11-17)6-1-2-7-16/h3-5,12,18H,1-2,6-11H2. The molecular weight excluding hydrogens is 238 g/mol. The average Bonchev–Trinajstić information content (AvgIpc) is 2.87. The Kier molecular flexibility index (Phi) is 3.21. The summed E-state index contributed by atoms with van der Waals surface area (Å²) in [5.74, 6) is 0.221. The average molecular weight is 259 g/mol. The third-order valence-corrected chi connectivity index (χ3v) is 4.87. The Balaban J connectivity index is 1.66. The first kappa shape index (κ1) is 12.5. The number of carbonyl (C=O) groups excluding carboxylic acids is 1. The maximum atomic E-state index is 12.4. The van der Waals surface area contributed by atoms with Crippen LogP contribution in [0.4, 0.5) is 0 Å². The molecule has 1 aliphatic heterocycles. The summed E-state index contributed by atoms with van der Waals surface area (Å²) in [7, 11) is 0. The first-order valence-electron chi connectivity index (χ1n) is 7.27. The summed E-state index contributed by atoms with van der Waals surface area (Å²) in [4.78, 5) is 14.3. The number of nitrogens with zero attached hydrogens (tertiary/aromatic N) is 1. The second kappa shape index (κ2) is 4.87. The Morgan fingerprint density at radius 1 is 1.11 bits per heavy atom. The summed E-state index contributed by atoms with van der Waals surface area (Å²) in [5, 5.41) is 9.46. The number of likely N-dealkylation sites (tertiary alicyclic amines) is 1. The van der Waals surface area contributed by atoms with Gasteiger partial charge >= 0.3 is 0 Å². The van der Waals surface area contributed by atoms with Gasteiger partial charge in [0.2, 0.25) is 0 Å². The molecule has 2 aliphatic rings. The van der Waals surface area contributed by atoms with Crippen molar-refractivity contribution >= 4 is 5.91 Å². The molecule has 3 heteroatoms. The highest BCUT2D eigenvalue weighted by molar-refractivity contribution is 5.94. The molecule has 2 fully saturated rings. The van der Waals surface area contributed by atoms with Gasteiger partial charge in [0.25, 0.3) is 5.91 Å². The first-order valence-corrected chi connectivity index (χ1v) is 7.27. The number of rotatable bonds is 1. The molecule has 0 bridgehead atoms. The van der Waals surface area contributed by atoms with Crippen LogP contribution in [-0.4, -0.2) is 29.0 Å². The number of aromatic hydroxyl groups is 1. The van der Waals surface area contributed by atoms with Crippen molar-refractivity contribution in [2.45, 2.75) is 38.5 Å². The van der Waals surface area contributed by atoms with E-state index >= 15 is 0 Å². The Bertz CT molecular complexity index is 467. The van der Waals surface area contributed by atoms with Gasteiger partial charge in [0.05, 0.1) is 0 Å². The van der Waals surface area contributed by atoms with Crippen molar-refractivity contribution in [2.24, 2.45) is 5.41 Å². The minimum absolute atomic E-state index is 0.0590. The molecule has 0 aromatic heterocycles. The van der Waals surface area contributed by atoms with Crippen molar-refractivity contribution in [3.63, 3.8) is 0 Å². The summed E-state index contributed by atoms with van der Waals surface area (Å²) < 4.78 is 0. The molecular formula is C16H21NO2. The summed E-state index contributed by atoms with van der Waals surface area (Å²) in [6, 6.07) is 6.66. The van der Waals surface area contributed by atoms with Crippen LogP contribution < -0.4 is 0 Å². The van der Waals surface area contributed by atoms with Crippen LogP contribution in [-0.2, 0) is 0 Å². The van der Waals surface area contributed by atoms with Gasteiger partial charge in [-0.05, 0) is 49.3 Å². The minimum Gasteiger partial charge on any atom is -0.508 e. The quantitative estimate of drug-likeness (QED) is 0.841. The van der Waals surface area contributed by atoms with E-state index in [1.807, 2.05) is 4.90 Å². The highest BCUT2D eigenvalue weighted by Crippen LogP contribution is 2.46. The van der Waals surface area contributed by atoms with Gasteiger partial charge in [0, 0.05) is 18.7 Å². The van der Waals surface area contributed by atoms with Crippen molar-refractivity contribution in [1.29, 1.82) is 0 Å². The van der Waals surface area contributed by atoms with Gasteiger partial charge in [0.15, 0.2) is 0 Å². The third kappa shape index (κ3) is 2.46. The lowest BCUT2D eigenvalue weighted by Crippen LogP contribution is -2.42. The number of piperidine rings is 1. The van der Waals surface area contributed by atoms with Crippen molar-refractivity contribution < 1.29 is 9.90 Å². The van der Waals surface area contributed by atoms with E-state index in [9.17, 15) is 9.90 Å². The van der Waals surface area contributed by atoms with Gasteiger partial charge in [0.1, 0.15) is 5.75 Å². The Morgan fingerprint density at radius 3 is 2.42 bits per heavy atom. The van der Waals surface area contributed by atoms with E-state index in [1.165, 1.54) is 25.7 Å². The molecule has 1 amide bonds. The number of phenols is 1. The van der Waals surface area contributed by atoms with Gasteiger partial charge in [-0.2, -0.15) is 0 Å². The SMILES string of the molecule is O=C(c1cccc(O)c1)N1CCC2(CCCC2)CC1. The number of hydrogen-bond donors (Lipinski definition) is 1. The molecule has 1 aromatic carbocycles. The number of hydrogen-bond acceptors (Lipinski definition) is 2. The van der Waals surface area contributed by atoms with E-state index in [0.29, 0.717) is 11.0 Å².